The molecule has 0 spiro atoms. The van der Waals surface area contributed by atoms with E-state index in [1.807, 2.05) is 0 Å². The molecule has 2 aromatic carbocycles. The first-order valence-corrected chi connectivity index (χ1v) is 10.6. The number of amides is 2. The summed E-state index contributed by atoms with van der Waals surface area (Å²) < 4.78 is 41.1. The number of aromatic nitrogens is 3. The van der Waals surface area contributed by atoms with Crippen LogP contribution in [-0.4, -0.2) is 74.4 Å². The van der Waals surface area contributed by atoms with Crippen molar-refractivity contribution in [2.75, 3.05) is 19.6 Å². The summed E-state index contributed by atoms with van der Waals surface area (Å²) in [7, 11) is 0. The van der Waals surface area contributed by atoms with Gasteiger partial charge in [0.05, 0.1) is 0 Å². The van der Waals surface area contributed by atoms with Crippen molar-refractivity contribution in [2.24, 2.45) is 11.8 Å². The summed E-state index contributed by atoms with van der Waals surface area (Å²) in [5, 5.41) is 20.2. The number of nitrogens with one attached hydrogen (secondary N) is 1. The maximum atomic E-state index is 13.1. The van der Waals surface area contributed by atoms with Gasteiger partial charge in [-0.05, 0) is 42.3 Å². The van der Waals surface area contributed by atoms with Crippen LogP contribution in [-0.2, 0) is 6.42 Å². The number of halogens is 3. The number of H-pyrrole nitrogens is 1. The maximum Gasteiger partial charge on any atom is 0.573 e. The number of hydrogen-bond acceptors (Lipinski definition) is 5. The van der Waals surface area contributed by atoms with E-state index in [9.17, 15) is 27.9 Å². The number of fused-ring (bicyclic) bond motifs is 2. The highest BCUT2D eigenvalue weighted by Crippen LogP contribution is 2.38. The zero-order chi connectivity index (χ0) is 24.0. The van der Waals surface area contributed by atoms with Gasteiger partial charge in [0.1, 0.15) is 16.8 Å². The molecule has 9 nitrogen and oxygen atoms in total. The first-order chi connectivity index (χ1) is 16.2. The van der Waals surface area contributed by atoms with Crippen LogP contribution in [0.15, 0.2) is 42.5 Å². The molecule has 2 saturated heterocycles. The average molecular weight is 475 g/mol. The number of rotatable bonds is 4. The molecular weight excluding hydrogens is 455 g/mol. The Kier molecular flexibility index (Phi) is 5.29. The smallest absolute Gasteiger partial charge is 0.465 e. The molecule has 2 aliphatic rings. The molecule has 0 radical (unpaired) electrons. The predicted octanol–water partition coefficient (Wildman–Crippen LogP) is 3.15. The van der Waals surface area contributed by atoms with Gasteiger partial charge < -0.3 is 19.6 Å². The van der Waals surface area contributed by atoms with Crippen molar-refractivity contribution in [1.29, 1.82) is 0 Å². The number of carbonyl (C=O) groups excluding carboxylic acids is 1. The quantitative estimate of drug-likeness (QED) is 0.600. The van der Waals surface area contributed by atoms with E-state index < -0.39 is 18.5 Å². The summed E-state index contributed by atoms with van der Waals surface area (Å²) in [6, 6.07) is 10.1. The Morgan fingerprint density at radius 2 is 1.79 bits per heavy atom. The second kappa shape index (κ2) is 8.19. The van der Waals surface area contributed by atoms with Crippen LogP contribution in [0, 0.1) is 11.8 Å². The lowest BCUT2D eigenvalue weighted by molar-refractivity contribution is -0.274. The number of ether oxygens (including phenoxy) is 1. The molecule has 2 amide bonds. The minimum Gasteiger partial charge on any atom is -0.465 e. The third-order valence-corrected chi connectivity index (χ3v) is 6.52. The van der Waals surface area contributed by atoms with Crippen LogP contribution in [0.4, 0.5) is 18.0 Å². The number of likely N-dealkylation sites (tertiary alicyclic amines) is 2. The molecule has 5 rings (SSSR count). The van der Waals surface area contributed by atoms with E-state index in [0.717, 1.165) is 0 Å². The number of hydrogen-bond donors (Lipinski definition) is 2. The van der Waals surface area contributed by atoms with Crippen molar-refractivity contribution in [3.8, 4) is 5.75 Å². The summed E-state index contributed by atoms with van der Waals surface area (Å²) in [6.45, 7) is 1.12. The lowest BCUT2D eigenvalue weighted by Crippen LogP contribution is -2.42. The SMILES string of the molecule is O=C(c1ccc2n[nH]nc2c1)N1C[C@@H]2CN(C(=O)O)C(Cc3ccc(OC(F)(F)F)cc3)[C@H]2C1. The van der Waals surface area contributed by atoms with Crippen molar-refractivity contribution >= 4 is 23.0 Å². The Balaban J connectivity index is 1.31. The molecule has 2 N–H and O–H groups in total. The Bertz CT molecular complexity index is 1230. The summed E-state index contributed by atoms with van der Waals surface area (Å²) in [4.78, 5) is 28.1. The molecule has 0 aliphatic carbocycles. The Morgan fingerprint density at radius 3 is 2.50 bits per heavy atom. The van der Waals surface area contributed by atoms with Crippen molar-refractivity contribution in [3.63, 3.8) is 0 Å². The lowest BCUT2D eigenvalue weighted by atomic mass is 9.90. The molecule has 0 saturated carbocycles. The molecule has 3 aromatic rings. The van der Waals surface area contributed by atoms with E-state index >= 15 is 0 Å². The molecule has 3 heterocycles. The summed E-state index contributed by atoms with van der Waals surface area (Å²) in [5.74, 6) is -0.596. The fourth-order valence-corrected chi connectivity index (χ4v) is 5.02. The third kappa shape index (κ3) is 4.22. The molecule has 1 unspecified atom stereocenters. The first kappa shape index (κ1) is 22.0. The van der Waals surface area contributed by atoms with Gasteiger partial charge in [0.15, 0.2) is 0 Å². The molecule has 1 aromatic heterocycles. The van der Waals surface area contributed by atoms with Crippen LogP contribution in [0.1, 0.15) is 15.9 Å². The van der Waals surface area contributed by atoms with Gasteiger partial charge in [-0.2, -0.15) is 15.4 Å². The third-order valence-electron chi connectivity index (χ3n) is 6.52. The lowest BCUT2D eigenvalue weighted by Gasteiger charge is -2.27. The second-order valence-corrected chi connectivity index (χ2v) is 8.56. The topological polar surface area (TPSA) is 112 Å². The van der Waals surface area contributed by atoms with E-state index in [-0.39, 0.29) is 23.5 Å². The van der Waals surface area contributed by atoms with Crippen LogP contribution >= 0.6 is 0 Å². The van der Waals surface area contributed by atoms with E-state index in [2.05, 4.69) is 20.1 Å². The van der Waals surface area contributed by atoms with Gasteiger partial charge >= 0.3 is 12.5 Å². The Labute approximate surface area is 191 Å². The number of aromatic amines is 1. The zero-order valence-corrected chi connectivity index (χ0v) is 17.7. The number of benzene rings is 2. The second-order valence-electron chi connectivity index (χ2n) is 8.56. The molecule has 12 heteroatoms. The van der Waals surface area contributed by atoms with Gasteiger partial charge in [0.25, 0.3) is 5.91 Å². The molecule has 3 atom stereocenters. The minimum absolute atomic E-state index is 0.0198. The summed E-state index contributed by atoms with van der Waals surface area (Å²) in [6.07, 6.45) is -5.50. The highest BCUT2D eigenvalue weighted by molar-refractivity contribution is 5.97. The van der Waals surface area contributed by atoms with Gasteiger partial charge in [-0.25, -0.2) is 4.79 Å². The standard InChI is InChI=1S/C22H20F3N5O4/c23-22(24,25)34-15-4-1-12(2-5-15)7-19-16-11-29(9-14(16)10-30(19)21(32)33)20(31)13-3-6-17-18(8-13)27-28-26-17/h1-6,8,14,16,19H,7,9-11H2,(H,32,33)(H,26,27,28)/t14-,16+,19?/m1/s1. The highest BCUT2D eigenvalue weighted by atomic mass is 19.4. The Morgan fingerprint density at radius 1 is 1.06 bits per heavy atom. The molecule has 0 bridgehead atoms. The van der Waals surface area contributed by atoms with Gasteiger partial charge in [-0.3, -0.25) is 4.79 Å². The van der Waals surface area contributed by atoms with E-state index in [4.69, 9.17) is 0 Å². The zero-order valence-electron chi connectivity index (χ0n) is 17.7. The van der Waals surface area contributed by atoms with Gasteiger partial charge in [0, 0.05) is 43.1 Å². The maximum absolute atomic E-state index is 13.1. The van der Waals surface area contributed by atoms with E-state index in [0.29, 0.717) is 48.2 Å². The van der Waals surface area contributed by atoms with Crippen LogP contribution in [0.2, 0.25) is 0 Å². The summed E-state index contributed by atoms with van der Waals surface area (Å²) in [5.41, 5.74) is 2.40. The fourth-order valence-electron chi connectivity index (χ4n) is 5.02. The Hall–Kier alpha value is -3.83. The molecular formula is C22H20F3N5O4. The van der Waals surface area contributed by atoms with Crippen LogP contribution in [0.25, 0.3) is 11.0 Å². The minimum atomic E-state index is -4.78. The molecule has 34 heavy (non-hydrogen) atoms. The number of carboxylic acid groups (broad SMARTS) is 1. The van der Waals surface area contributed by atoms with Crippen molar-refractivity contribution < 1.29 is 32.6 Å². The van der Waals surface area contributed by atoms with Crippen LogP contribution in [0.3, 0.4) is 0 Å². The van der Waals surface area contributed by atoms with Crippen molar-refractivity contribution in [3.05, 3.63) is 53.6 Å². The fraction of sp³-hybridized carbons (Fsp3) is 0.364. The monoisotopic (exact) mass is 475 g/mol. The first-order valence-electron chi connectivity index (χ1n) is 10.6. The number of nitrogens with zero attached hydrogens (tertiary/aromatic N) is 4. The van der Waals surface area contributed by atoms with Gasteiger partial charge in [-0.1, -0.05) is 12.1 Å². The number of alkyl halides is 3. The average Bonchev–Trinajstić information content (AvgIpc) is 3.48. The number of carbonyl (C=O) groups is 2. The van der Waals surface area contributed by atoms with Crippen LogP contribution < -0.4 is 4.74 Å². The van der Waals surface area contributed by atoms with Gasteiger partial charge in [0.2, 0.25) is 0 Å². The molecule has 2 fully saturated rings. The predicted molar refractivity (Wildman–Crippen MR) is 112 cm³/mol. The van der Waals surface area contributed by atoms with Gasteiger partial charge in [-0.15, -0.1) is 13.2 Å². The van der Waals surface area contributed by atoms with Crippen molar-refractivity contribution in [1.82, 2.24) is 25.2 Å². The van der Waals surface area contributed by atoms with Crippen molar-refractivity contribution in [2.45, 2.75) is 18.8 Å². The van der Waals surface area contributed by atoms with E-state index in [1.165, 1.54) is 29.2 Å². The highest BCUT2D eigenvalue weighted by Gasteiger charge is 2.49. The largest absolute Gasteiger partial charge is 0.573 e. The normalized spacial score (nSPS) is 22.3. The molecule has 2 aliphatic heterocycles. The van der Waals surface area contributed by atoms with Crippen LogP contribution in [0.5, 0.6) is 5.75 Å². The molecule has 178 valence electrons. The van der Waals surface area contributed by atoms with E-state index in [1.54, 1.807) is 23.1 Å². The summed E-state index contributed by atoms with van der Waals surface area (Å²) >= 11 is 0.